The van der Waals surface area contributed by atoms with Crippen LogP contribution >= 0.6 is 0 Å². The second-order valence-electron chi connectivity index (χ2n) is 5.48. The van der Waals surface area contributed by atoms with Gasteiger partial charge in [-0.3, -0.25) is 4.79 Å². The van der Waals surface area contributed by atoms with Gasteiger partial charge in [0.2, 0.25) is 5.91 Å². The van der Waals surface area contributed by atoms with E-state index in [1.54, 1.807) is 6.07 Å². The van der Waals surface area contributed by atoms with Gasteiger partial charge in [-0.25, -0.2) is 4.39 Å². The summed E-state index contributed by atoms with van der Waals surface area (Å²) in [4.78, 5) is 12.1. The first-order chi connectivity index (χ1) is 9.55. The predicted octanol–water partition coefficient (Wildman–Crippen LogP) is 1.60. The van der Waals surface area contributed by atoms with E-state index < -0.39 is 11.4 Å². The number of nitrogens with two attached hydrogens (primary N) is 1. The van der Waals surface area contributed by atoms with Crippen LogP contribution in [-0.4, -0.2) is 16.6 Å². The fraction of sp³-hybridized carbons (Fsp3) is 0.533. The topological polar surface area (TPSA) is 75.4 Å². The summed E-state index contributed by atoms with van der Waals surface area (Å²) in [6.45, 7) is -0.0786. The molecule has 0 spiro atoms. The molecule has 110 valence electrons. The van der Waals surface area contributed by atoms with Crippen molar-refractivity contribution in [2.45, 2.75) is 50.8 Å². The number of halogens is 1. The number of hydrogen-bond donors (Lipinski definition) is 3. The lowest BCUT2D eigenvalue weighted by atomic mass is 9.82. The van der Waals surface area contributed by atoms with Crippen molar-refractivity contribution in [2.75, 3.05) is 0 Å². The summed E-state index contributed by atoms with van der Waals surface area (Å²) in [7, 11) is 0. The molecule has 4 N–H and O–H groups in total. The van der Waals surface area contributed by atoms with Crippen molar-refractivity contribution in [2.24, 2.45) is 5.73 Å². The minimum Gasteiger partial charge on any atom is -0.392 e. The van der Waals surface area contributed by atoms with E-state index in [1.165, 1.54) is 12.1 Å². The number of rotatable bonds is 4. The molecule has 1 aromatic carbocycles. The molecule has 0 aliphatic heterocycles. The van der Waals surface area contributed by atoms with Gasteiger partial charge in [-0.05, 0) is 24.5 Å². The number of carbonyl (C=O) groups excluding carboxylic acids is 1. The second kappa shape index (κ2) is 6.33. The van der Waals surface area contributed by atoms with Gasteiger partial charge in [0, 0.05) is 12.1 Å². The molecule has 20 heavy (non-hydrogen) atoms. The highest BCUT2D eigenvalue weighted by Crippen LogP contribution is 2.26. The maximum absolute atomic E-state index is 13.5. The Balaban J connectivity index is 1.94. The largest absolute Gasteiger partial charge is 0.392 e. The Morgan fingerprint density at radius 1 is 1.35 bits per heavy atom. The zero-order chi connectivity index (χ0) is 14.6. The van der Waals surface area contributed by atoms with Crippen molar-refractivity contribution in [3.63, 3.8) is 0 Å². The minimum absolute atomic E-state index is 0.163. The van der Waals surface area contributed by atoms with Crippen molar-refractivity contribution in [1.29, 1.82) is 0 Å². The molecule has 4 nitrogen and oxygen atoms in total. The van der Waals surface area contributed by atoms with Crippen LogP contribution in [0.15, 0.2) is 18.2 Å². The predicted molar refractivity (Wildman–Crippen MR) is 74.2 cm³/mol. The number of aliphatic hydroxyl groups is 1. The SMILES string of the molecule is NC1(C(=O)NCc2ccc(CO)c(F)c2)CCCCC1. The molecule has 0 atom stereocenters. The molecule has 2 rings (SSSR count). The van der Waals surface area contributed by atoms with Crippen molar-refractivity contribution in [3.8, 4) is 0 Å². The van der Waals surface area contributed by atoms with E-state index in [9.17, 15) is 9.18 Å². The lowest BCUT2D eigenvalue weighted by Gasteiger charge is -2.31. The normalized spacial score (nSPS) is 17.8. The first-order valence-electron chi connectivity index (χ1n) is 7.00. The Labute approximate surface area is 118 Å². The van der Waals surface area contributed by atoms with Crippen molar-refractivity contribution >= 4 is 5.91 Å². The monoisotopic (exact) mass is 280 g/mol. The molecule has 1 aliphatic rings. The highest BCUT2D eigenvalue weighted by atomic mass is 19.1. The molecule has 0 unspecified atom stereocenters. The Hall–Kier alpha value is -1.46. The highest BCUT2D eigenvalue weighted by molar-refractivity contribution is 5.86. The minimum atomic E-state index is -0.776. The smallest absolute Gasteiger partial charge is 0.240 e. The van der Waals surface area contributed by atoms with E-state index in [1.807, 2.05) is 0 Å². The van der Waals surface area contributed by atoms with Gasteiger partial charge in [-0.2, -0.15) is 0 Å². The maximum Gasteiger partial charge on any atom is 0.240 e. The number of benzene rings is 1. The number of nitrogens with one attached hydrogen (secondary N) is 1. The van der Waals surface area contributed by atoms with Crippen molar-refractivity contribution in [1.82, 2.24) is 5.32 Å². The summed E-state index contributed by atoms with van der Waals surface area (Å²) in [6, 6.07) is 4.55. The molecule has 1 aliphatic carbocycles. The van der Waals surface area contributed by atoms with Crippen LogP contribution in [-0.2, 0) is 17.9 Å². The Morgan fingerprint density at radius 3 is 2.65 bits per heavy atom. The van der Waals surface area contributed by atoms with E-state index in [0.717, 1.165) is 19.3 Å². The van der Waals surface area contributed by atoms with Crippen LogP contribution in [0.25, 0.3) is 0 Å². The second-order valence-corrected chi connectivity index (χ2v) is 5.48. The number of aliphatic hydroxyl groups excluding tert-OH is 1. The highest BCUT2D eigenvalue weighted by Gasteiger charge is 2.34. The molecule has 0 bridgehead atoms. The molecule has 0 aromatic heterocycles. The van der Waals surface area contributed by atoms with Gasteiger partial charge in [0.25, 0.3) is 0 Å². The van der Waals surface area contributed by atoms with Crippen LogP contribution in [0.4, 0.5) is 4.39 Å². The van der Waals surface area contributed by atoms with E-state index in [4.69, 9.17) is 10.8 Å². The summed E-state index contributed by atoms with van der Waals surface area (Å²) in [5.41, 5.74) is 6.26. The molecule has 1 amide bonds. The van der Waals surface area contributed by atoms with E-state index in [2.05, 4.69) is 5.32 Å². The molecule has 5 heteroatoms. The molecule has 0 radical (unpaired) electrons. The quantitative estimate of drug-likeness (QED) is 0.784. The third kappa shape index (κ3) is 3.35. The van der Waals surface area contributed by atoms with Gasteiger partial charge >= 0.3 is 0 Å². The van der Waals surface area contributed by atoms with Crippen LogP contribution in [0, 0.1) is 5.82 Å². The number of carbonyl (C=O) groups is 1. The van der Waals surface area contributed by atoms with Gasteiger partial charge in [0.15, 0.2) is 0 Å². The van der Waals surface area contributed by atoms with Gasteiger partial charge in [0.05, 0.1) is 12.1 Å². The van der Waals surface area contributed by atoms with Crippen LogP contribution in [0.3, 0.4) is 0 Å². The number of hydrogen-bond acceptors (Lipinski definition) is 3. The zero-order valence-corrected chi connectivity index (χ0v) is 11.5. The first-order valence-corrected chi connectivity index (χ1v) is 7.00. The Bertz CT molecular complexity index is 485. The standard InChI is InChI=1S/C15H21FN2O2/c16-13-8-11(4-5-12(13)10-19)9-18-14(20)15(17)6-2-1-3-7-15/h4-5,8,19H,1-3,6-7,9-10,17H2,(H,18,20). The van der Waals surface area contributed by atoms with Crippen LogP contribution in [0.5, 0.6) is 0 Å². The van der Waals surface area contributed by atoms with Crippen LogP contribution in [0.1, 0.15) is 43.2 Å². The third-order valence-electron chi connectivity index (χ3n) is 3.94. The maximum atomic E-state index is 13.5. The number of amides is 1. The van der Waals surface area contributed by atoms with Gasteiger partial charge in [0.1, 0.15) is 5.82 Å². The Kier molecular flexibility index (Phi) is 4.73. The summed E-state index contributed by atoms with van der Waals surface area (Å²) < 4.78 is 13.5. The summed E-state index contributed by atoms with van der Waals surface area (Å²) in [6.07, 6.45) is 4.49. The van der Waals surface area contributed by atoms with E-state index in [0.29, 0.717) is 18.4 Å². The van der Waals surface area contributed by atoms with Gasteiger partial charge in [-0.1, -0.05) is 31.4 Å². The van der Waals surface area contributed by atoms with Crippen molar-refractivity contribution < 1.29 is 14.3 Å². The average molecular weight is 280 g/mol. The first kappa shape index (κ1) is 14.9. The molecule has 0 heterocycles. The zero-order valence-electron chi connectivity index (χ0n) is 11.5. The lowest BCUT2D eigenvalue weighted by Crippen LogP contribution is -2.54. The van der Waals surface area contributed by atoms with Gasteiger partial charge in [-0.15, -0.1) is 0 Å². The summed E-state index contributed by atoms with van der Waals surface area (Å²) >= 11 is 0. The van der Waals surface area contributed by atoms with Crippen LogP contribution in [0.2, 0.25) is 0 Å². The van der Waals surface area contributed by atoms with E-state index in [-0.39, 0.29) is 24.6 Å². The molecule has 1 fully saturated rings. The molecule has 0 saturated heterocycles. The van der Waals surface area contributed by atoms with Gasteiger partial charge < -0.3 is 16.2 Å². The average Bonchev–Trinajstić information content (AvgIpc) is 2.45. The fourth-order valence-electron chi connectivity index (χ4n) is 2.60. The van der Waals surface area contributed by atoms with Crippen LogP contribution < -0.4 is 11.1 Å². The summed E-state index contributed by atoms with van der Waals surface area (Å²) in [5, 5.41) is 11.7. The molecular weight excluding hydrogens is 259 g/mol. The summed E-state index contributed by atoms with van der Waals surface area (Å²) in [5.74, 6) is -0.622. The molecule has 1 aromatic rings. The third-order valence-corrected chi connectivity index (χ3v) is 3.94. The molecular formula is C15H21FN2O2. The lowest BCUT2D eigenvalue weighted by molar-refractivity contribution is -0.127. The molecule has 1 saturated carbocycles. The van der Waals surface area contributed by atoms with Crippen molar-refractivity contribution in [3.05, 3.63) is 35.1 Å². The van der Waals surface area contributed by atoms with E-state index >= 15 is 0 Å². The fourth-order valence-corrected chi connectivity index (χ4v) is 2.60. The Morgan fingerprint density at radius 2 is 2.05 bits per heavy atom.